The van der Waals surface area contributed by atoms with Gasteiger partial charge in [-0.05, 0) is 57.5 Å². The van der Waals surface area contributed by atoms with Gasteiger partial charge in [0.2, 0.25) is 0 Å². The van der Waals surface area contributed by atoms with E-state index < -0.39 is 0 Å². The minimum Gasteiger partial charge on any atom is -0.356 e. The summed E-state index contributed by atoms with van der Waals surface area (Å²) >= 11 is 0. The van der Waals surface area contributed by atoms with E-state index in [1.165, 1.54) is 16.6 Å². The van der Waals surface area contributed by atoms with Gasteiger partial charge in [0.25, 0.3) is 0 Å². The Bertz CT molecular complexity index is 1010. The summed E-state index contributed by atoms with van der Waals surface area (Å²) in [7, 11) is 3.99. The van der Waals surface area contributed by atoms with Crippen LogP contribution in [0, 0.1) is 6.92 Å². The normalized spacial score (nSPS) is 11.8. The molecule has 0 aliphatic rings. The molecule has 6 nitrogen and oxygen atoms in total. The molecule has 0 atom stereocenters. The maximum Gasteiger partial charge on any atom is 0.191 e. The Labute approximate surface area is 209 Å². The van der Waals surface area contributed by atoms with E-state index in [-0.39, 0.29) is 24.0 Å². The summed E-state index contributed by atoms with van der Waals surface area (Å²) < 4.78 is 2.29. The lowest BCUT2D eigenvalue weighted by Gasteiger charge is -2.23. The van der Waals surface area contributed by atoms with E-state index in [2.05, 4.69) is 100 Å². The van der Waals surface area contributed by atoms with Crippen LogP contribution in [-0.2, 0) is 19.6 Å². The molecule has 0 fully saturated rings. The van der Waals surface area contributed by atoms with Gasteiger partial charge >= 0.3 is 0 Å². The Morgan fingerprint density at radius 1 is 1.06 bits per heavy atom. The average Bonchev–Trinajstić information content (AvgIpc) is 3.09. The van der Waals surface area contributed by atoms with Gasteiger partial charge in [-0.1, -0.05) is 36.4 Å². The highest BCUT2D eigenvalue weighted by Gasteiger charge is 2.09. The highest BCUT2D eigenvalue weighted by Crippen LogP contribution is 2.15. The molecular weight excluding hydrogens is 511 g/mol. The Morgan fingerprint density at radius 3 is 2.47 bits per heavy atom. The van der Waals surface area contributed by atoms with Crippen LogP contribution in [0.4, 0.5) is 0 Å². The van der Waals surface area contributed by atoms with Crippen molar-refractivity contribution < 1.29 is 0 Å². The number of imidazole rings is 1. The van der Waals surface area contributed by atoms with Gasteiger partial charge in [-0.25, -0.2) is 4.98 Å². The summed E-state index contributed by atoms with van der Waals surface area (Å²) in [5.41, 5.74) is 4.92. The lowest BCUT2D eigenvalue weighted by atomic mass is 10.1. The average molecular weight is 549 g/mol. The number of aliphatic imine (C=N–C) groups is 1. The number of hydrogen-bond donors (Lipinski definition) is 2. The maximum absolute atomic E-state index is 4.65. The smallest absolute Gasteiger partial charge is 0.191 e. The van der Waals surface area contributed by atoms with Gasteiger partial charge < -0.3 is 15.2 Å². The third-order valence-electron chi connectivity index (χ3n) is 5.79. The van der Waals surface area contributed by atoms with Gasteiger partial charge in [0.15, 0.2) is 5.96 Å². The predicted molar refractivity (Wildman–Crippen MR) is 146 cm³/mol. The highest BCUT2D eigenvalue weighted by atomic mass is 127. The van der Waals surface area contributed by atoms with Crippen LogP contribution >= 0.6 is 24.0 Å². The standard InChI is InChI=1S/C25H36N6.HI/c1-19(2)30(5)18-22-12-7-6-11-21(22)17-28-25(26-4)27-15-10-16-31-20(3)29-23-13-8-9-14-24(23)31;/h6-9,11-14,19H,10,15-18H2,1-5H3,(H2,26,27,28);1H. The quantitative estimate of drug-likeness (QED) is 0.178. The molecule has 2 aromatic carbocycles. The third kappa shape index (κ3) is 6.93. The molecule has 0 saturated carbocycles. The molecule has 32 heavy (non-hydrogen) atoms. The van der Waals surface area contributed by atoms with Gasteiger partial charge in [-0.2, -0.15) is 0 Å². The molecule has 0 saturated heterocycles. The van der Waals surface area contributed by atoms with E-state index in [9.17, 15) is 0 Å². The number of aryl methyl sites for hydroxylation is 2. The Kier molecular flexibility index (Phi) is 10.4. The van der Waals surface area contributed by atoms with E-state index in [1.807, 2.05) is 13.1 Å². The van der Waals surface area contributed by atoms with Gasteiger partial charge in [0, 0.05) is 39.3 Å². The fourth-order valence-electron chi connectivity index (χ4n) is 3.66. The van der Waals surface area contributed by atoms with Crippen molar-refractivity contribution in [1.82, 2.24) is 25.1 Å². The number of nitrogens with zero attached hydrogens (tertiary/aromatic N) is 4. The summed E-state index contributed by atoms with van der Waals surface area (Å²) in [5, 5.41) is 6.91. The van der Waals surface area contributed by atoms with E-state index in [0.717, 1.165) is 49.9 Å². The molecule has 7 heteroatoms. The van der Waals surface area contributed by atoms with Crippen molar-refractivity contribution in [3.05, 3.63) is 65.5 Å². The van der Waals surface area contributed by atoms with E-state index in [0.29, 0.717) is 6.04 Å². The van der Waals surface area contributed by atoms with Crippen LogP contribution in [0.5, 0.6) is 0 Å². The van der Waals surface area contributed by atoms with Crippen LogP contribution in [0.2, 0.25) is 0 Å². The molecule has 0 aliphatic carbocycles. The molecule has 1 heterocycles. The number of nitrogens with one attached hydrogen (secondary N) is 2. The molecule has 1 aromatic heterocycles. The molecule has 3 rings (SSSR count). The van der Waals surface area contributed by atoms with E-state index in [4.69, 9.17) is 0 Å². The first-order chi connectivity index (χ1) is 15.0. The van der Waals surface area contributed by atoms with Gasteiger partial charge in [-0.15, -0.1) is 24.0 Å². The Hall–Kier alpha value is -2.13. The van der Waals surface area contributed by atoms with Crippen LogP contribution in [0.1, 0.15) is 37.2 Å². The van der Waals surface area contributed by atoms with Crippen molar-refractivity contribution >= 4 is 41.0 Å². The topological polar surface area (TPSA) is 57.5 Å². The summed E-state index contributed by atoms with van der Waals surface area (Å²) in [4.78, 5) is 11.4. The van der Waals surface area contributed by atoms with Crippen LogP contribution in [0.15, 0.2) is 53.5 Å². The number of rotatable bonds is 9. The number of fused-ring (bicyclic) bond motifs is 1. The first kappa shape index (κ1) is 26.1. The number of para-hydroxylation sites is 2. The molecule has 0 radical (unpaired) electrons. The Morgan fingerprint density at radius 2 is 1.75 bits per heavy atom. The molecule has 0 aliphatic heterocycles. The monoisotopic (exact) mass is 548 g/mol. The summed E-state index contributed by atoms with van der Waals surface area (Å²) in [6, 6.07) is 17.5. The molecule has 174 valence electrons. The summed E-state index contributed by atoms with van der Waals surface area (Å²) in [6.45, 7) is 10.0. The van der Waals surface area contributed by atoms with Gasteiger partial charge in [0.05, 0.1) is 11.0 Å². The zero-order valence-electron chi connectivity index (χ0n) is 19.9. The lowest BCUT2D eigenvalue weighted by Crippen LogP contribution is -2.38. The number of guanidine groups is 1. The fourth-order valence-corrected chi connectivity index (χ4v) is 3.66. The second kappa shape index (κ2) is 12.8. The molecule has 0 amide bonds. The summed E-state index contributed by atoms with van der Waals surface area (Å²) in [5.74, 6) is 1.89. The largest absolute Gasteiger partial charge is 0.356 e. The van der Waals surface area contributed by atoms with Crippen molar-refractivity contribution in [3.63, 3.8) is 0 Å². The van der Waals surface area contributed by atoms with Crippen molar-refractivity contribution in [2.45, 2.75) is 52.9 Å². The molecule has 0 bridgehead atoms. The molecule has 0 spiro atoms. The molecule has 2 N–H and O–H groups in total. The van der Waals surface area contributed by atoms with Crippen LogP contribution in [0.25, 0.3) is 11.0 Å². The van der Waals surface area contributed by atoms with Crippen molar-refractivity contribution in [3.8, 4) is 0 Å². The Balaban J connectivity index is 0.00000363. The molecular formula is C25H37IN6. The minimum atomic E-state index is 0. The van der Waals surface area contributed by atoms with Crippen molar-refractivity contribution in [2.24, 2.45) is 4.99 Å². The minimum absolute atomic E-state index is 0. The van der Waals surface area contributed by atoms with Crippen LogP contribution in [-0.4, -0.2) is 47.1 Å². The molecule has 0 unspecified atom stereocenters. The SMILES string of the molecule is CN=C(NCCCn1c(C)nc2ccccc21)NCc1ccccc1CN(C)C(C)C.I. The van der Waals surface area contributed by atoms with Gasteiger partial charge in [-0.3, -0.25) is 9.89 Å². The fraction of sp³-hybridized carbons (Fsp3) is 0.440. The van der Waals surface area contributed by atoms with Crippen molar-refractivity contribution in [1.29, 1.82) is 0 Å². The maximum atomic E-state index is 4.65. The summed E-state index contributed by atoms with van der Waals surface area (Å²) in [6.07, 6.45) is 0.998. The number of aromatic nitrogens is 2. The predicted octanol–water partition coefficient (Wildman–Crippen LogP) is 4.56. The van der Waals surface area contributed by atoms with Crippen LogP contribution < -0.4 is 10.6 Å². The molecule has 3 aromatic rings. The number of hydrogen-bond acceptors (Lipinski definition) is 3. The zero-order valence-corrected chi connectivity index (χ0v) is 22.3. The van der Waals surface area contributed by atoms with Crippen LogP contribution in [0.3, 0.4) is 0 Å². The van der Waals surface area contributed by atoms with Gasteiger partial charge in [0.1, 0.15) is 5.82 Å². The number of benzene rings is 2. The zero-order chi connectivity index (χ0) is 22.2. The lowest BCUT2D eigenvalue weighted by molar-refractivity contribution is 0.265. The number of halogens is 1. The second-order valence-corrected chi connectivity index (χ2v) is 8.28. The van der Waals surface area contributed by atoms with E-state index in [1.54, 1.807) is 0 Å². The first-order valence-corrected chi connectivity index (χ1v) is 11.1. The first-order valence-electron chi connectivity index (χ1n) is 11.1. The second-order valence-electron chi connectivity index (χ2n) is 8.28. The highest BCUT2D eigenvalue weighted by molar-refractivity contribution is 14.0. The van der Waals surface area contributed by atoms with E-state index >= 15 is 0 Å². The van der Waals surface area contributed by atoms with Crippen molar-refractivity contribution in [2.75, 3.05) is 20.6 Å². The third-order valence-corrected chi connectivity index (χ3v) is 5.79.